The molecule has 0 spiro atoms. The number of hydrogen-bond donors (Lipinski definition) is 1. The van der Waals surface area contributed by atoms with Crippen molar-refractivity contribution >= 4 is 11.8 Å². The van der Waals surface area contributed by atoms with E-state index in [1.165, 1.54) is 24.3 Å². The van der Waals surface area contributed by atoms with Crippen molar-refractivity contribution < 1.29 is 19.2 Å². The van der Waals surface area contributed by atoms with Crippen LogP contribution in [0.15, 0.2) is 24.3 Å². The minimum atomic E-state index is -0.477. The molecule has 0 aromatic heterocycles. The Hall–Kier alpha value is -2.31. The quantitative estimate of drug-likeness (QED) is 0.626. The van der Waals surface area contributed by atoms with Crippen LogP contribution in [0.25, 0.3) is 0 Å². The van der Waals surface area contributed by atoms with Gasteiger partial charge in [-0.1, -0.05) is 0 Å². The van der Waals surface area contributed by atoms with Gasteiger partial charge in [-0.15, -0.1) is 0 Å². The number of cyclic esters (lactones) is 1. The number of nitro benzene ring substituents is 1. The summed E-state index contributed by atoms with van der Waals surface area (Å²) < 4.78 is 10.0. The summed E-state index contributed by atoms with van der Waals surface area (Å²) in [5.41, 5.74) is 0.00912. The maximum Gasteiger partial charge on any atom is 0.407 e. The zero-order valence-electron chi connectivity index (χ0n) is 8.79. The number of nitro groups is 1. The summed E-state index contributed by atoms with van der Waals surface area (Å²) in [4.78, 5) is 20.7. The maximum atomic E-state index is 10.7. The summed E-state index contributed by atoms with van der Waals surface area (Å²) in [5.74, 6) is 0.511. The van der Waals surface area contributed by atoms with Crippen molar-refractivity contribution in [1.82, 2.24) is 5.32 Å². The average Bonchev–Trinajstić information content (AvgIpc) is 2.73. The standard InChI is InChI=1S/C10H10N2O5/c13-10-11-7(6-17-10)5-16-9-3-1-8(2-4-9)12(14)15/h1-4,7H,5-6H2,(H,11,13)/t7-/m0/s1. The second-order valence-electron chi connectivity index (χ2n) is 3.50. The third kappa shape index (κ3) is 2.83. The van der Waals surface area contributed by atoms with E-state index in [0.717, 1.165) is 0 Å². The number of alkyl carbamates (subject to hydrolysis) is 1. The highest BCUT2D eigenvalue weighted by Crippen LogP contribution is 2.17. The Bertz CT molecular complexity index is 431. The number of carbonyl (C=O) groups is 1. The fourth-order valence-electron chi connectivity index (χ4n) is 1.38. The van der Waals surface area contributed by atoms with Gasteiger partial charge in [0, 0.05) is 12.1 Å². The average molecular weight is 238 g/mol. The lowest BCUT2D eigenvalue weighted by Gasteiger charge is -2.09. The maximum absolute atomic E-state index is 10.7. The molecule has 2 rings (SSSR count). The smallest absolute Gasteiger partial charge is 0.407 e. The van der Waals surface area contributed by atoms with E-state index < -0.39 is 11.0 Å². The Kier molecular flexibility index (Phi) is 3.08. The van der Waals surface area contributed by atoms with E-state index in [1.807, 2.05) is 0 Å². The lowest BCUT2D eigenvalue weighted by Crippen LogP contribution is -2.32. The lowest BCUT2D eigenvalue weighted by atomic mass is 10.3. The van der Waals surface area contributed by atoms with Crippen LogP contribution in [0.5, 0.6) is 5.75 Å². The van der Waals surface area contributed by atoms with Crippen LogP contribution in [-0.4, -0.2) is 30.3 Å². The number of rotatable bonds is 4. The highest BCUT2D eigenvalue weighted by molar-refractivity contribution is 5.69. The number of hydrogen-bond acceptors (Lipinski definition) is 5. The van der Waals surface area contributed by atoms with Crippen LogP contribution in [0.1, 0.15) is 0 Å². The first-order valence-electron chi connectivity index (χ1n) is 4.96. The summed E-state index contributed by atoms with van der Waals surface area (Å²) in [5, 5.41) is 13.0. The first-order valence-corrected chi connectivity index (χ1v) is 4.96. The minimum absolute atomic E-state index is 0.00912. The minimum Gasteiger partial charge on any atom is -0.491 e. The molecule has 1 fully saturated rings. The van der Waals surface area contributed by atoms with Crippen LogP contribution in [0.2, 0.25) is 0 Å². The molecule has 1 amide bonds. The number of benzene rings is 1. The monoisotopic (exact) mass is 238 g/mol. The normalized spacial score (nSPS) is 18.4. The van der Waals surface area contributed by atoms with E-state index in [0.29, 0.717) is 5.75 Å². The van der Waals surface area contributed by atoms with Gasteiger partial charge in [0.1, 0.15) is 25.0 Å². The number of non-ortho nitro benzene ring substituents is 1. The van der Waals surface area contributed by atoms with Gasteiger partial charge in [-0.25, -0.2) is 4.79 Å². The van der Waals surface area contributed by atoms with Crippen LogP contribution < -0.4 is 10.1 Å². The van der Waals surface area contributed by atoms with E-state index in [-0.39, 0.29) is 24.9 Å². The lowest BCUT2D eigenvalue weighted by molar-refractivity contribution is -0.384. The first kappa shape index (κ1) is 11.2. The number of amides is 1. The molecule has 7 nitrogen and oxygen atoms in total. The summed E-state index contributed by atoms with van der Waals surface area (Å²) in [7, 11) is 0. The third-order valence-electron chi connectivity index (χ3n) is 2.24. The predicted molar refractivity (Wildman–Crippen MR) is 56.9 cm³/mol. The molecule has 0 bridgehead atoms. The van der Waals surface area contributed by atoms with Crippen molar-refractivity contribution in [3.05, 3.63) is 34.4 Å². The van der Waals surface area contributed by atoms with Gasteiger partial charge >= 0.3 is 6.09 Å². The van der Waals surface area contributed by atoms with E-state index in [9.17, 15) is 14.9 Å². The second kappa shape index (κ2) is 4.69. The Morgan fingerprint density at radius 3 is 2.71 bits per heavy atom. The molecule has 1 saturated heterocycles. The van der Waals surface area contributed by atoms with Crippen molar-refractivity contribution in [3.63, 3.8) is 0 Å². The number of nitrogens with zero attached hydrogens (tertiary/aromatic N) is 1. The van der Waals surface area contributed by atoms with Gasteiger partial charge in [0.25, 0.3) is 5.69 Å². The fourth-order valence-corrected chi connectivity index (χ4v) is 1.38. The summed E-state index contributed by atoms with van der Waals surface area (Å²) in [6.45, 7) is 0.537. The van der Waals surface area contributed by atoms with Gasteiger partial charge in [-0.05, 0) is 12.1 Å². The third-order valence-corrected chi connectivity index (χ3v) is 2.24. The summed E-state index contributed by atoms with van der Waals surface area (Å²) >= 11 is 0. The van der Waals surface area contributed by atoms with Crippen LogP contribution in [0.3, 0.4) is 0 Å². The van der Waals surface area contributed by atoms with Gasteiger partial charge in [-0.3, -0.25) is 10.1 Å². The molecular formula is C10H10N2O5. The first-order chi connectivity index (χ1) is 8.15. The van der Waals surface area contributed by atoms with Gasteiger partial charge in [0.05, 0.1) is 4.92 Å². The predicted octanol–water partition coefficient (Wildman–Crippen LogP) is 1.08. The fraction of sp³-hybridized carbons (Fsp3) is 0.300. The molecule has 0 saturated carbocycles. The number of carbonyl (C=O) groups excluding carboxylic acids is 1. The van der Waals surface area contributed by atoms with Crippen LogP contribution in [0.4, 0.5) is 10.5 Å². The molecular weight excluding hydrogens is 228 g/mol. The highest BCUT2D eigenvalue weighted by atomic mass is 16.6. The molecule has 1 aliphatic rings. The van der Waals surface area contributed by atoms with Crippen LogP contribution >= 0.6 is 0 Å². The van der Waals surface area contributed by atoms with E-state index >= 15 is 0 Å². The molecule has 0 unspecified atom stereocenters. The van der Waals surface area contributed by atoms with Crippen molar-refractivity contribution in [2.45, 2.75) is 6.04 Å². The van der Waals surface area contributed by atoms with E-state index in [2.05, 4.69) is 10.1 Å². The summed E-state index contributed by atoms with van der Waals surface area (Å²) in [6, 6.07) is 5.56. The molecule has 17 heavy (non-hydrogen) atoms. The Morgan fingerprint density at radius 1 is 1.47 bits per heavy atom. The Morgan fingerprint density at radius 2 is 2.18 bits per heavy atom. The van der Waals surface area contributed by atoms with Gasteiger partial charge in [0.2, 0.25) is 0 Å². The zero-order chi connectivity index (χ0) is 12.3. The second-order valence-corrected chi connectivity index (χ2v) is 3.50. The van der Waals surface area contributed by atoms with E-state index in [4.69, 9.17) is 4.74 Å². The van der Waals surface area contributed by atoms with E-state index in [1.54, 1.807) is 0 Å². The molecule has 90 valence electrons. The molecule has 1 N–H and O–H groups in total. The molecule has 0 aliphatic carbocycles. The SMILES string of the molecule is O=C1N[C@@H](COc2ccc([N+](=O)[O-])cc2)CO1. The van der Waals surface area contributed by atoms with Crippen molar-refractivity contribution in [2.24, 2.45) is 0 Å². The molecule has 0 radical (unpaired) electrons. The molecule has 1 aromatic rings. The van der Waals surface area contributed by atoms with Crippen LogP contribution in [-0.2, 0) is 4.74 Å². The van der Waals surface area contributed by atoms with Crippen molar-refractivity contribution in [1.29, 1.82) is 0 Å². The highest BCUT2D eigenvalue weighted by Gasteiger charge is 2.22. The van der Waals surface area contributed by atoms with Gasteiger partial charge < -0.3 is 14.8 Å². The molecule has 7 heteroatoms. The topological polar surface area (TPSA) is 90.7 Å². The van der Waals surface area contributed by atoms with Crippen LogP contribution in [0, 0.1) is 10.1 Å². The molecule has 1 aliphatic heterocycles. The Labute approximate surface area is 96.5 Å². The largest absolute Gasteiger partial charge is 0.491 e. The molecule has 1 aromatic carbocycles. The van der Waals surface area contributed by atoms with Crippen molar-refractivity contribution in [2.75, 3.05) is 13.2 Å². The summed E-state index contributed by atoms with van der Waals surface area (Å²) in [6.07, 6.45) is -0.456. The van der Waals surface area contributed by atoms with Gasteiger partial charge in [-0.2, -0.15) is 0 Å². The zero-order valence-corrected chi connectivity index (χ0v) is 8.79. The Balaban J connectivity index is 1.87. The van der Waals surface area contributed by atoms with Gasteiger partial charge in [0.15, 0.2) is 0 Å². The number of ether oxygens (including phenoxy) is 2. The molecule has 1 heterocycles. The van der Waals surface area contributed by atoms with Crippen molar-refractivity contribution in [3.8, 4) is 5.75 Å². The number of nitrogens with one attached hydrogen (secondary N) is 1. The molecule has 1 atom stereocenters.